The minimum Gasteiger partial charge on any atom is -0.467 e. The van der Waals surface area contributed by atoms with Crippen molar-refractivity contribution in [3.05, 3.63) is 52.3 Å². The molecule has 0 aliphatic carbocycles. The maximum atomic E-state index is 12.0. The Balaban J connectivity index is 1.85. The lowest BCUT2D eigenvalue weighted by Crippen LogP contribution is -2.37. The van der Waals surface area contributed by atoms with Gasteiger partial charge in [-0.15, -0.1) is 0 Å². The highest BCUT2D eigenvalue weighted by Crippen LogP contribution is 1.98. The minimum atomic E-state index is -0.506. The van der Waals surface area contributed by atoms with Crippen molar-refractivity contribution in [2.45, 2.75) is 32.9 Å². The molecular weight excluding hydrogens is 312 g/mol. The van der Waals surface area contributed by atoms with Crippen molar-refractivity contribution in [1.82, 2.24) is 20.4 Å². The summed E-state index contributed by atoms with van der Waals surface area (Å²) in [5, 5.41) is 9.11. The van der Waals surface area contributed by atoms with Crippen molar-refractivity contribution in [2.24, 2.45) is 0 Å². The van der Waals surface area contributed by atoms with Gasteiger partial charge in [0.15, 0.2) is 0 Å². The first-order valence-electron chi connectivity index (χ1n) is 7.75. The second kappa shape index (κ2) is 8.66. The number of carbonyl (C=O) groups excluding carboxylic acids is 2. The molecule has 0 aliphatic heterocycles. The van der Waals surface area contributed by atoms with Gasteiger partial charge in [0.25, 0.3) is 11.5 Å². The average molecular weight is 332 g/mol. The van der Waals surface area contributed by atoms with E-state index < -0.39 is 5.91 Å². The quantitative estimate of drug-likeness (QED) is 0.739. The zero-order valence-corrected chi connectivity index (χ0v) is 13.4. The van der Waals surface area contributed by atoms with Gasteiger partial charge in [-0.1, -0.05) is 13.3 Å². The average Bonchev–Trinajstić information content (AvgIpc) is 3.10. The van der Waals surface area contributed by atoms with Crippen LogP contribution in [-0.2, 0) is 17.9 Å². The zero-order chi connectivity index (χ0) is 17.4. The van der Waals surface area contributed by atoms with Crippen LogP contribution in [0.1, 0.15) is 36.0 Å². The number of carbonyl (C=O) groups is 2. The van der Waals surface area contributed by atoms with E-state index in [0.717, 1.165) is 12.8 Å². The Morgan fingerprint density at radius 1 is 1.25 bits per heavy atom. The molecule has 0 atom stereocenters. The summed E-state index contributed by atoms with van der Waals surface area (Å²) in [4.78, 5) is 35.4. The molecule has 0 fully saturated rings. The van der Waals surface area contributed by atoms with Crippen LogP contribution in [0, 0.1) is 0 Å². The molecule has 0 saturated heterocycles. The molecule has 2 N–H and O–H groups in total. The number of furan rings is 1. The summed E-state index contributed by atoms with van der Waals surface area (Å²) >= 11 is 0. The van der Waals surface area contributed by atoms with Gasteiger partial charge in [-0.3, -0.25) is 14.4 Å². The fraction of sp³-hybridized carbons (Fsp3) is 0.375. The van der Waals surface area contributed by atoms with E-state index in [0.29, 0.717) is 12.3 Å². The number of rotatable bonds is 8. The zero-order valence-electron chi connectivity index (χ0n) is 13.4. The Morgan fingerprint density at radius 3 is 2.79 bits per heavy atom. The molecule has 0 unspecified atom stereocenters. The highest BCUT2D eigenvalue weighted by Gasteiger charge is 2.11. The van der Waals surface area contributed by atoms with Gasteiger partial charge in [-0.2, -0.15) is 5.10 Å². The van der Waals surface area contributed by atoms with Gasteiger partial charge in [0.05, 0.1) is 19.4 Å². The van der Waals surface area contributed by atoms with E-state index in [1.54, 1.807) is 12.1 Å². The fourth-order valence-electron chi connectivity index (χ4n) is 1.95. The van der Waals surface area contributed by atoms with E-state index in [1.807, 2.05) is 6.92 Å². The molecule has 0 saturated carbocycles. The van der Waals surface area contributed by atoms with Gasteiger partial charge in [0.1, 0.15) is 11.5 Å². The van der Waals surface area contributed by atoms with Crippen LogP contribution in [0.4, 0.5) is 0 Å². The van der Waals surface area contributed by atoms with Crippen molar-refractivity contribution in [2.75, 3.05) is 6.54 Å². The molecule has 0 aliphatic rings. The number of nitrogens with one attached hydrogen (secondary N) is 2. The minimum absolute atomic E-state index is 0.101. The second-order valence-electron chi connectivity index (χ2n) is 5.17. The lowest BCUT2D eigenvalue weighted by atomic mass is 10.3. The maximum Gasteiger partial charge on any atom is 0.272 e. The molecule has 8 nitrogen and oxygen atoms in total. The van der Waals surface area contributed by atoms with E-state index in [-0.39, 0.29) is 30.2 Å². The van der Waals surface area contributed by atoms with Crippen LogP contribution in [0.5, 0.6) is 0 Å². The van der Waals surface area contributed by atoms with E-state index in [1.165, 1.54) is 23.1 Å². The number of amides is 2. The largest absolute Gasteiger partial charge is 0.467 e. The molecule has 0 radical (unpaired) electrons. The first-order chi connectivity index (χ1) is 11.6. The fourth-order valence-corrected chi connectivity index (χ4v) is 1.95. The van der Waals surface area contributed by atoms with Crippen LogP contribution < -0.4 is 16.2 Å². The number of unbranched alkanes of at least 4 members (excludes halogenated alkanes) is 1. The molecule has 2 rings (SSSR count). The van der Waals surface area contributed by atoms with Gasteiger partial charge in [0, 0.05) is 12.6 Å². The lowest BCUT2D eigenvalue weighted by Gasteiger charge is -2.07. The van der Waals surface area contributed by atoms with Crippen LogP contribution in [0.3, 0.4) is 0 Å². The topological polar surface area (TPSA) is 106 Å². The summed E-state index contributed by atoms with van der Waals surface area (Å²) < 4.78 is 6.35. The summed E-state index contributed by atoms with van der Waals surface area (Å²) in [5.74, 6) is -0.230. The predicted molar refractivity (Wildman–Crippen MR) is 86.3 cm³/mol. The Bertz CT molecular complexity index is 737. The van der Waals surface area contributed by atoms with Crippen LogP contribution in [0.15, 0.2) is 39.7 Å². The van der Waals surface area contributed by atoms with Crippen molar-refractivity contribution in [3.63, 3.8) is 0 Å². The SMILES string of the molecule is CCCCn1nc(C(=O)NCC(=O)NCc2ccco2)ccc1=O. The Morgan fingerprint density at radius 2 is 2.08 bits per heavy atom. The molecule has 2 amide bonds. The Kier molecular flexibility index (Phi) is 6.30. The predicted octanol–water partition coefficient (Wildman–Crippen LogP) is 0.683. The summed E-state index contributed by atoms with van der Waals surface area (Å²) in [6.07, 6.45) is 3.23. The van der Waals surface area contributed by atoms with Crippen molar-refractivity contribution in [1.29, 1.82) is 0 Å². The maximum absolute atomic E-state index is 12.0. The molecule has 128 valence electrons. The highest BCUT2D eigenvalue weighted by atomic mass is 16.3. The van der Waals surface area contributed by atoms with Crippen molar-refractivity contribution >= 4 is 11.8 Å². The third kappa shape index (κ3) is 5.08. The van der Waals surface area contributed by atoms with Crippen LogP contribution in [0.25, 0.3) is 0 Å². The van der Waals surface area contributed by atoms with Crippen LogP contribution in [0.2, 0.25) is 0 Å². The monoisotopic (exact) mass is 332 g/mol. The third-order valence-corrected chi connectivity index (χ3v) is 3.27. The lowest BCUT2D eigenvalue weighted by molar-refractivity contribution is -0.120. The number of nitrogens with zero attached hydrogens (tertiary/aromatic N) is 2. The number of hydrogen-bond acceptors (Lipinski definition) is 5. The number of hydrogen-bond donors (Lipinski definition) is 2. The number of aromatic nitrogens is 2. The van der Waals surface area contributed by atoms with E-state index in [4.69, 9.17) is 4.42 Å². The van der Waals surface area contributed by atoms with Crippen molar-refractivity contribution in [3.8, 4) is 0 Å². The molecule has 0 bridgehead atoms. The van der Waals surface area contributed by atoms with Crippen molar-refractivity contribution < 1.29 is 14.0 Å². The first-order valence-corrected chi connectivity index (χ1v) is 7.75. The summed E-state index contributed by atoms with van der Waals surface area (Å²) in [5.41, 5.74) is -0.152. The van der Waals surface area contributed by atoms with E-state index in [9.17, 15) is 14.4 Å². The van der Waals surface area contributed by atoms with Gasteiger partial charge in [-0.25, -0.2) is 4.68 Å². The second-order valence-corrected chi connectivity index (χ2v) is 5.17. The summed E-state index contributed by atoms with van der Waals surface area (Å²) in [6, 6.07) is 6.11. The normalized spacial score (nSPS) is 10.4. The Hall–Kier alpha value is -2.90. The third-order valence-electron chi connectivity index (χ3n) is 3.27. The Labute approximate surface area is 138 Å². The van der Waals surface area contributed by atoms with E-state index in [2.05, 4.69) is 15.7 Å². The van der Waals surface area contributed by atoms with Gasteiger partial charge >= 0.3 is 0 Å². The molecule has 2 heterocycles. The molecule has 2 aromatic heterocycles. The van der Waals surface area contributed by atoms with E-state index >= 15 is 0 Å². The van der Waals surface area contributed by atoms with Gasteiger partial charge < -0.3 is 15.1 Å². The highest BCUT2D eigenvalue weighted by molar-refractivity contribution is 5.94. The molecule has 8 heteroatoms. The molecule has 2 aromatic rings. The van der Waals surface area contributed by atoms with Crippen LogP contribution in [-0.4, -0.2) is 28.1 Å². The number of aryl methyl sites for hydroxylation is 1. The summed E-state index contributed by atoms with van der Waals surface area (Å²) in [6.45, 7) is 2.53. The van der Waals surface area contributed by atoms with Crippen LogP contribution >= 0.6 is 0 Å². The van der Waals surface area contributed by atoms with Gasteiger partial charge in [-0.05, 0) is 24.6 Å². The standard InChI is InChI=1S/C16H20N4O4/c1-2-3-8-20-15(22)7-6-13(19-20)16(23)18-11-14(21)17-10-12-5-4-9-24-12/h4-7,9H,2-3,8,10-11H2,1H3,(H,17,21)(H,18,23). The van der Waals surface area contributed by atoms with Gasteiger partial charge in [0.2, 0.25) is 5.91 Å². The first kappa shape index (κ1) is 17.5. The molecule has 0 spiro atoms. The summed E-state index contributed by atoms with van der Waals surface area (Å²) in [7, 11) is 0. The smallest absolute Gasteiger partial charge is 0.272 e. The molecule has 24 heavy (non-hydrogen) atoms. The molecular formula is C16H20N4O4. The molecule has 0 aromatic carbocycles.